The number of aromatic nitrogens is 1. The van der Waals surface area contributed by atoms with Crippen LogP contribution in [0.5, 0.6) is 0 Å². The number of para-hydroxylation sites is 2. The predicted molar refractivity (Wildman–Crippen MR) is 71.4 cm³/mol. The molecule has 0 N–H and O–H groups in total. The zero-order valence-corrected chi connectivity index (χ0v) is 10.6. The summed E-state index contributed by atoms with van der Waals surface area (Å²) in [4.78, 5) is 4.65. The summed E-state index contributed by atoms with van der Waals surface area (Å²) in [6.07, 6.45) is 8.47. The van der Waals surface area contributed by atoms with Crippen molar-refractivity contribution in [1.82, 2.24) is 4.98 Å². The van der Waals surface area contributed by atoms with Crippen molar-refractivity contribution in [1.29, 1.82) is 0 Å². The van der Waals surface area contributed by atoms with E-state index in [1.54, 1.807) is 0 Å². The molecule has 2 aromatic rings. The van der Waals surface area contributed by atoms with Gasteiger partial charge in [0.15, 0.2) is 11.5 Å². The van der Waals surface area contributed by atoms with Crippen LogP contribution in [0.3, 0.4) is 0 Å². The molecule has 0 radical (unpaired) electrons. The highest BCUT2D eigenvalue weighted by Crippen LogP contribution is 2.55. The van der Waals surface area contributed by atoms with Crippen molar-refractivity contribution >= 4 is 11.1 Å². The van der Waals surface area contributed by atoms with E-state index in [0.717, 1.165) is 28.8 Å². The van der Waals surface area contributed by atoms with E-state index in [1.807, 2.05) is 24.3 Å². The van der Waals surface area contributed by atoms with Crippen molar-refractivity contribution in [2.45, 2.75) is 44.4 Å². The van der Waals surface area contributed by atoms with E-state index in [1.165, 1.54) is 38.5 Å². The molecule has 0 unspecified atom stereocenters. The minimum Gasteiger partial charge on any atom is -0.440 e. The van der Waals surface area contributed by atoms with Gasteiger partial charge in [-0.15, -0.1) is 0 Å². The molecule has 1 aromatic heterocycles. The Balaban J connectivity index is 1.54. The molecule has 0 aliphatic heterocycles. The first-order chi connectivity index (χ1) is 8.92. The summed E-state index contributed by atoms with van der Waals surface area (Å²) < 4.78 is 5.90. The zero-order chi connectivity index (χ0) is 11.9. The molecule has 18 heavy (non-hydrogen) atoms. The van der Waals surface area contributed by atoms with Crippen LogP contribution in [0.15, 0.2) is 28.7 Å². The second kappa shape index (κ2) is 4.11. The minimum atomic E-state index is 0.612. The zero-order valence-electron chi connectivity index (χ0n) is 10.6. The molecule has 0 spiro atoms. The van der Waals surface area contributed by atoms with Gasteiger partial charge in [0.1, 0.15) is 5.52 Å². The number of oxazole rings is 1. The van der Waals surface area contributed by atoms with Crippen LogP contribution in [0, 0.1) is 11.8 Å². The first-order valence-corrected chi connectivity index (χ1v) is 7.27. The van der Waals surface area contributed by atoms with Crippen molar-refractivity contribution in [3.05, 3.63) is 30.2 Å². The number of fused-ring (bicyclic) bond motifs is 1. The van der Waals surface area contributed by atoms with Crippen molar-refractivity contribution in [3.8, 4) is 0 Å². The fourth-order valence-corrected chi connectivity index (χ4v) is 3.63. The third-order valence-electron chi connectivity index (χ3n) is 4.72. The van der Waals surface area contributed by atoms with Crippen LogP contribution >= 0.6 is 0 Å². The standard InChI is InChI=1S/C16H19NO/c1-2-6-11(7-3-1)12-10-13(12)16-17-14-8-4-5-9-15(14)18-16/h4-5,8-9,11-13H,1-3,6-7,10H2/t12-,13+/m1/s1. The summed E-state index contributed by atoms with van der Waals surface area (Å²) in [5.74, 6) is 3.41. The molecule has 0 amide bonds. The summed E-state index contributed by atoms with van der Waals surface area (Å²) in [5.41, 5.74) is 1.96. The van der Waals surface area contributed by atoms with Gasteiger partial charge in [0.2, 0.25) is 0 Å². The highest BCUT2D eigenvalue weighted by molar-refractivity contribution is 5.72. The topological polar surface area (TPSA) is 26.0 Å². The van der Waals surface area contributed by atoms with Crippen LogP contribution in [0.1, 0.15) is 50.3 Å². The monoisotopic (exact) mass is 241 g/mol. The van der Waals surface area contributed by atoms with Crippen LogP contribution in [-0.2, 0) is 0 Å². The van der Waals surface area contributed by atoms with Crippen LogP contribution in [-0.4, -0.2) is 4.98 Å². The Labute approximate surface area is 107 Å². The molecule has 2 heteroatoms. The minimum absolute atomic E-state index is 0.612. The van der Waals surface area contributed by atoms with E-state index >= 15 is 0 Å². The molecular formula is C16H19NO. The summed E-state index contributed by atoms with van der Waals surface area (Å²) in [6.45, 7) is 0. The lowest BCUT2D eigenvalue weighted by Crippen LogP contribution is -2.09. The molecular weight excluding hydrogens is 222 g/mol. The SMILES string of the molecule is c1ccc2oc([C@H]3C[C@@H]3C3CCCCC3)nc2c1. The second-order valence-corrected chi connectivity index (χ2v) is 5.92. The maximum Gasteiger partial charge on any atom is 0.198 e. The molecule has 2 aliphatic carbocycles. The molecule has 0 saturated heterocycles. The maximum absolute atomic E-state index is 5.90. The fourth-order valence-electron chi connectivity index (χ4n) is 3.63. The Hall–Kier alpha value is -1.31. The van der Waals surface area contributed by atoms with Crippen LogP contribution < -0.4 is 0 Å². The van der Waals surface area contributed by atoms with E-state index in [0.29, 0.717) is 5.92 Å². The highest BCUT2D eigenvalue weighted by atomic mass is 16.3. The summed E-state index contributed by atoms with van der Waals surface area (Å²) in [5, 5.41) is 0. The average molecular weight is 241 g/mol. The Kier molecular flexibility index (Phi) is 2.42. The Morgan fingerprint density at radius 2 is 1.89 bits per heavy atom. The van der Waals surface area contributed by atoms with Crippen LogP contribution in [0.25, 0.3) is 11.1 Å². The quantitative estimate of drug-likeness (QED) is 0.773. The lowest BCUT2D eigenvalue weighted by atomic mass is 9.85. The van der Waals surface area contributed by atoms with Gasteiger partial charge in [-0.25, -0.2) is 4.98 Å². The molecule has 2 saturated carbocycles. The highest BCUT2D eigenvalue weighted by Gasteiger charge is 2.46. The molecule has 4 rings (SSSR count). The molecule has 1 heterocycles. The maximum atomic E-state index is 5.90. The molecule has 2 nitrogen and oxygen atoms in total. The number of nitrogens with zero attached hydrogens (tertiary/aromatic N) is 1. The van der Waals surface area contributed by atoms with Gasteiger partial charge in [-0.05, 0) is 30.4 Å². The van der Waals surface area contributed by atoms with Crippen molar-refractivity contribution in [2.75, 3.05) is 0 Å². The van der Waals surface area contributed by atoms with E-state index in [2.05, 4.69) is 4.98 Å². The third-order valence-corrected chi connectivity index (χ3v) is 4.72. The number of rotatable bonds is 2. The van der Waals surface area contributed by atoms with E-state index in [-0.39, 0.29) is 0 Å². The normalized spacial score (nSPS) is 28.7. The number of benzene rings is 1. The molecule has 94 valence electrons. The van der Waals surface area contributed by atoms with Crippen LogP contribution in [0.2, 0.25) is 0 Å². The second-order valence-electron chi connectivity index (χ2n) is 5.92. The Morgan fingerprint density at radius 1 is 1.06 bits per heavy atom. The van der Waals surface area contributed by atoms with Gasteiger partial charge < -0.3 is 4.42 Å². The first-order valence-electron chi connectivity index (χ1n) is 7.27. The molecule has 1 aromatic carbocycles. The van der Waals surface area contributed by atoms with Gasteiger partial charge in [-0.3, -0.25) is 0 Å². The first kappa shape index (κ1) is 10.6. The van der Waals surface area contributed by atoms with Gasteiger partial charge in [0.05, 0.1) is 0 Å². The van der Waals surface area contributed by atoms with Gasteiger partial charge in [0, 0.05) is 5.92 Å². The van der Waals surface area contributed by atoms with Gasteiger partial charge >= 0.3 is 0 Å². The summed E-state index contributed by atoms with van der Waals surface area (Å²) in [6, 6.07) is 8.10. The lowest BCUT2D eigenvalue weighted by molar-refractivity contribution is 0.313. The van der Waals surface area contributed by atoms with Crippen molar-refractivity contribution < 1.29 is 4.42 Å². The predicted octanol–water partition coefficient (Wildman–Crippen LogP) is 4.51. The molecule has 2 fully saturated rings. The number of hydrogen-bond acceptors (Lipinski definition) is 2. The average Bonchev–Trinajstić information content (AvgIpc) is 3.12. The van der Waals surface area contributed by atoms with E-state index in [9.17, 15) is 0 Å². The summed E-state index contributed by atoms with van der Waals surface area (Å²) >= 11 is 0. The van der Waals surface area contributed by atoms with E-state index < -0.39 is 0 Å². The fraction of sp³-hybridized carbons (Fsp3) is 0.562. The molecule has 2 atom stereocenters. The molecule has 0 bridgehead atoms. The van der Waals surface area contributed by atoms with Gasteiger partial charge in [-0.1, -0.05) is 44.2 Å². The smallest absolute Gasteiger partial charge is 0.198 e. The Morgan fingerprint density at radius 3 is 2.72 bits per heavy atom. The van der Waals surface area contributed by atoms with Crippen molar-refractivity contribution in [2.24, 2.45) is 11.8 Å². The van der Waals surface area contributed by atoms with Gasteiger partial charge in [0.25, 0.3) is 0 Å². The van der Waals surface area contributed by atoms with Crippen molar-refractivity contribution in [3.63, 3.8) is 0 Å². The number of hydrogen-bond donors (Lipinski definition) is 0. The van der Waals surface area contributed by atoms with Gasteiger partial charge in [-0.2, -0.15) is 0 Å². The van der Waals surface area contributed by atoms with E-state index in [4.69, 9.17) is 4.42 Å². The lowest BCUT2D eigenvalue weighted by Gasteiger charge is -2.21. The van der Waals surface area contributed by atoms with Crippen LogP contribution in [0.4, 0.5) is 0 Å². The Bertz CT molecular complexity index is 520. The largest absolute Gasteiger partial charge is 0.440 e. The summed E-state index contributed by atoms with van der Waals surface area (Å²) in [7, 11) is 0. The third kappa shape index (κ3) is 1.75. The molecule has 2 aliphatic rings.